The second-order valence-corrected chi connectivity index (χ2v) is 8.30. The average molecular weight is 395 g/mol. The number of nitrogens with one attached hydrogen (secondary N) is 1. The minimum Gasteiger partial charge on any atom is -0.306 e. The van der Waals surface area contributed by atoms with Crippen LogP contribution in [0.1, 0.15) is 11.1 Å². The minimum atomic E-state index is -3.83. The van der Waals surface area contributed by atoms with E-state index in [0.717, 1.165) is 28.5 Å². The van der Waals surface area contributed by atoms with Crippen LogP contribution in [-0.2, 0) is 10.0 Å². The zero-order chi connectivity index (χ0) is 19.9. The lowest BCUT2D eigenvalue weighted by Crippen LogP contribution is -2.14. The van der Waals surface area contributed by atoms with Crippen molar-refractivity contribution in [3.05, 3.63) is 83.9 Å². The molecule has 0 unspecified atom stereocenters. The highest BCUT2D eigenvalue weighted by molar-refractivity contribution is 7.92. The molecule has 0 aliphatic rings. The summed E-state index contributed by atoms with van der Waals surface area (Å²) >= 11 is 0. The molecule has 0 saturated carbocycles. The molecule has 0 aliphatic carbocycles. The van der Waals surface area contributed by atoms with E-state index in [1.807, 2.05) is 41.9 Å². The van der Waals surface area contributed by atoms with Crippen LogP contribution in [0.2, 0.25) is 0 Å². The standard InChI is InChI=1S/C21H18FN3O2S/c1-14-5-4-10-25-13-19(23-21(14)25)16-6-3-7-18(12-16)24-28(26,27)20-9-8-17(22)11-15(20)2/h3-13,24H,1-2H3. The van der Waals surface area contributed by atoms with Crippen molar-refractivity contribution >= 4 is 21.4 Å². The van der Waals surface area contributed by atoms with E-state index in [-0.39, 0.29) is 4.90 Å². The molecule has 0 spiro atoms. The molecule has 142 valence electrons. The lowest BCUT2D eigenvalue weighted by atomic mass is 10.1. The number of fused-ring (bicyclic) bond motifs is 1. The lowest BCUT2D eigenvalue weighted by molar-refractivity contribution is 0.598. The number of aryl methyl sites for hydroxylation is 2. The number of benzene rings is 2. The van der Waals surface area contributed by atoms with Gasteiger partial charge in [-0.15, -0.1) is 0 Å². The van der Waals surface area contributed by atoms with Gasteiger partial charge in [-0.1, -0.05) is 18.2 Å². The van der Waals surface area contributed by atoms with Crippen molar-refractivity contribution in [3.8, 4) is 11.3 Å². The Balaban J connectivity index is 1.69. The van der Waals surface area contributed by atoms with Crippen molar-refractivity contribution in [2.45, 2.75) is 18.7 Å². The van der Waals surface area contributed by atoms with Crippen molar-refractivity contribution < 1.29 is 12.8 Å². The van der Waals surface area contributed by atoms with Crippen LogP contribution >= 0.6 is 0 Å². The van der Waals surface area contributed by atoms with Gasteiger partial charge in [-0.3, -0.25) is 4.72 Å². The van der Waals surface area contributed by atoms with Crippen molar-refractivity contribution in [2.75, 3.05) is 4.72 Å². The molecule has 0 radical (unpaired) electrons. The Morgan fingerprint density at radius 2 is 1.82 bits per heavy atom. The second-order valence-electron chi connectivity index (χ2n) is 6.64. The summed E-state index contributed by atoms with van der Waals surface area (Å²) in [6.07, 6.45) is 3.82. The first kappa shape index (κ1) is 18.2. The molecule has 4 aromatic rings. The van der Waals surface area contributed by atoms with Crippen molar-refractivity contribution in [1.82, 2.24) is 9.38 Å². The van der Waals surface area contributed by atoms with E-state index in [2.05, 4.69) is 9.71 Å². The van der Waals surface area contributed by atoms with E-state index in [4.69, 9.17) is 0 Å². The van der Waals surface area contributed by atoms with Gasteiger partial charge in [0, 0.05) is 23.6 Å². The fourth-order valence-electron chi connectivity index (χ4n) is 3.16. The van der Waals surface area contributed by atoms with E-state index in [1.165, 1.54) is 12.1 Å². The van der Waals surface area contributed by atoms with E-state index in [9.17, 15) is 12.8 Å². The van der Waals surface area contributed by atoms with Crippen molar-refractivity contribution in [2.24, 2.45) is 0 Å². The Kier molecular flexibility index (Phi) is 4.39. The third kappa shape index (κ3) is 3.36. The number of sulfonamides is 1. The van der Waals surface area contributed by atoms with Crippen molar-refractivity contribution in [3.63, 3.8) is 0 Å². The topological polar surface area (TPSA) is 63.5 Å². The van der Waals surface area contributed by atoms with Gasteiger partial charge in [-0.25, -0.2) is 17.8 Å². The highest BCUT2D eigenvalue weighted by Gasteiger charge is 2.18. The number of imidazole rings is 1. The molecular formula is C21H18FN3O2S. The van der Waals surface area contributed by atoms with Gasteiger partial charge in [0.05, 0.1) is 10.6 Å². The summed E-state index contributed by atoms with van der Waals surface area (Å²) in [4.78, 5) is 4.69. The SMILES string of the molecule is Cc1cc(F)ccc1S(=O)(=O)Nc1cccc(-c2cn3cccc(C)c3n2)c1. The molecule has 7 heteroatoms. The molecule has 5 nitrogen and oxygen atoms in total. The number of hydrogen-bond acceptors (Lipinski definition) is 3. The zero-order valence-corrected chi connectivity index (χ0v) is 16.2. The molecule has 0 fully saturated rings. The minimum absolute atomic E-state index is 0.0441. The summed E-state index contributed by atoms with van der Waals surface area (Å²) in [7, 11) is -3.83. The Morgan fingerprint density at radius 1 is 1.00 bits per heavy atom. The van der Waals surface area contributed by atoms with E-state index < -0.39 is 15.8 Å². The predicted octanol–water partition coefficient (Wildman–Crippen LogP) is 4.56. The largest absolute Gasteiger partial charge is 0.306 e. The van der Waals surface area contributed by atoms with Gasteiger partial charge in [0.15, 0.2) is 0 Å². The Labute approximate surface area is 162 Å². The van der Waals surface area contributed by atoms with Gasteiger partial charge in [0.2, 0.25) is 0 Å². The van der Waals surface area contributed by atoms with Crippen LogP contribution in [0.3, 0.4) is 0 Å². The van der Waals surface area contributed by atoms with Gasteiger partial charge in [-0.2, -0.15) is 0 Å². The molecule has 2 heterocycles. The maximum Gasteiger partial charge on any atom is 0.262 e. The highest BCUT2D eigenvalue weighted by atomic mass is 32.2. The summed E-state index contributed by atoms with van der Waals surface area (Å²) < 4.78 is 43.2. The first-order chi connectivity index (χ1) is 13.3. The molecule has 4 rings (SSSR count). The fourth-order valence-corrected chi connectivity index (χ4v) is 4.44. The maximum atomic E-state index is 13.3. The number of pyridine rings is 1. The van der Waals surface area contributed by atoms with Gasteiger partial charge < -0.3 is 4.40 Å². The molecule has 0 bridgehead atoms. The Hall–Kier alpha value is -3.19. The molecule has 2 aromatic carbocycles. The second kappa shape index (κ2) is 6.76. The third-order valence-electron chi connectivity index (χ3n) is 4.51. The zero-order valence-electron chi connectivity index (χ0n) is 15.3. The summed E-state index contributed by atoms with van der Waals surface area (Å²) in [5.74, 6) is -0.472. The van der Waals surface area contributed by atoms with Crippen LogP contribution in [0.4, 0.5) is 10.1 Å². The summed E-state index contributed by atoms with van der Waals surface area (Å²) in [6.45, 7) is 3.55. The van der Waals surface area contributed by atoms with Gasteiger partial charge in [-0.05, 0) is 61.4 Å². The quantitative estimate of drug-likeness (QED) is 0.551. The number of hydrogen-bond donors (Lipinski definition) is 1. The van der Waals surface area contributed by atoms with Crippen LogP contribution in [-0.4, -0.2) is 17.8 Å². The van der Waals surface area contributed by atoms with Gasteiger partial charge in [0.1, 0.15) is 11.5 Å². The molecule has 28 heavy (non-hydrogen) atoms. The highest BCUT2D eigenvalue weighted by Crippen LogP contribution is 2.26. The summed E-state index contributed by atoms with van der Waals surface area (Å²) in [5, 5.41) is 0. The van der Waals surface area contributed by atoms with Crippen LogP contribution in [0, 0.1) is 19.7 Å². The van der Waals surface area contributed by atoms with E-state index >= 15 is 0 Å². The Morgan fingerprint density at radius 3 is 2.57 bits per heavy atom. The smallest absolute Gasteiger partial charge is 0.262 e. The van der Waals surface area contributed by atoms with Crippen LogP contribution < -0.4 is 4.72 Å². The third-order valence-corrected chi connectivity index (χ3v) is 6.06. The maximum absolute atomic E-state index is 13.3. The molecular weight excluding hydrogens is 377 g/mol. The van der Waals surface area contributed by atoms with Gasteiger partial charge >= 0.3 is 0 Å². The van der Waals surface area contributed by atoms with Crippen LogP contribution in [0.15, 0.2) is 71.9 Å². The first-order valence-electron chi connectivity index (χ1n) is 8.67. The van der Waals surface area contributed by atoms with E-state index in [0.29, 0.717) is 11.3 Å². The normalized spacial score (nSPS) is 11.7. The average Bonchev–Trinajstić information content (AvgIpc) is 3.07. The molecule has 0 aliphatic heterocycles. The number of aromatic nitrogens is 2. The number of rotatable bonds is 4. The molecule has 0 atom stereocenters. The number of anilines is 1. The van der Waals surface area contributed by atoms with Crippen LogP contribution in [0.25, 0.3) is 16.9 Å². The monoisotopic (exact) mass is 395 g/mol. The van der Waals surface area contributed by atoms with Crippen molar-refractivity contribution in [1.29, 1.82) is 0 Å². The fraction of sp³-hybridized carbons (Fsp3) is 0.0952. The van der Waals surface area contributed by atoms with E-state index in [1.54, 1.807) is 25.1 Å². The molecule has 1 N–H and O–H groups in total. The first-order valence-corrected chi connectivity index (χ1v) is 10.2. The number of halogens is 1. The molecule has 0 saturated heterocycles. The van der Waals surface area contributed by atoms with Gasteiger partial charge in [0.25, 0.3) is 10.0 Å². The molecule has 2 aromatic heterocycles. The predicted molar refractivity (Wildman–Crippen MR) is 107 cm³/mol. The molecule has 0 amide bonds. The summed E-state index contributed by atoms with van der Waals surface area (Å²) in [5.41, 5.74) is 4.20. The lowest BCUT2D eigenvalue weighted by Gasteiger charge is -2.11. The number of nitrogens with zero attached hydrogens (tertiary/aromatic N) is 2. The Bertz CT molecular complexity index is 1300. The summed E-state index contributed by atoms with van der Waals surface area (Å²) in [6, 6.07) is 14.6. The van der Waals surface area contributed by atoms with Crippen LogP contribution in [0.5, 0.6) is 0 Å².